The highest BCUT2D eigenvalue weighted by Gasteiger charge is 2.36. The van der Waals surface area contributed by atoms with E-state index in [0.29, 0.717) is 24.9 Å². The van der Waals surface area contributed by atoms with E-state index in [0.717, 1.165) is 50.2 Å². The predicted octanol–water partition coefficient (Wildman–Crippen LogP) is 5.42. The molecule has 236 valence electrons. The van der Waals surface area contributed by atoms with Gasteiger partial charge in [0.1, 0.15) is 35.5 Å². The number of aryl methyl sites for hydroxylation is 2. The van der Waals surface area contributed by atoms with E-state index in [-0.39, 0.29) is 24.3 Å². The molecule has 0 unspecified atom stereocenters. The Balaban J connectivity index is 0.000000230. The molecule has 0 aliphatic carbocycles. The number of piperidine rings is 2. The van der Waals surface area contributed by atoms with E-state index >= 15 is 0 Å². The molecule has 42 heavy (non-hydrogen) atoms. The van der Waals surface area contributed by atoms with Crippen LogP contribution in [0, 0.1) is 0 Å². The summed E-state index contributed by atoms with van der Waals surface area (Å²) in [5, 5.41) is 16.3. The smallest absolute Gasteiger partial charge is 0.410 e. The van der Waals surface area contributed by atoms with E-state index in [1.165, 1.54) is 0 Å². The van der Waals surface area contributed by atoms with E-state index in [2.05, 4.69) is 34.2 Å². The summed E-state index contributed by atoms with van der Waals surface area (Å²) in [5.41, 5.74) is -0.897. The number of rotatable bonds is 4. The molecule has 4 heterocycles. The highest BCUT2D eigenvalue weighted by atomic mass is 16.6. The van der Waals surface area contributed by atoms with Crippen molar-refractivity contribution in [2.45, 2.75) is 129 Å². The number of amides is 2. The second-order valence-electron chi connectivity index (χ2n) is 13.5. The number of carbonyl (C=O) groups is 2. The van der Waals surface area contributed by atoms with Gasteiger partial charge in [-0.25, -0.2) is 9.59 Å². The zero-order valence-corrected chi connectivity index (χ0v) is 27.3. The molecule has 4 atom stereocenters. The Morgan fingerprint density at radius 2 is 1.10 bits per heavy atom. The lowest BCUT2D eigenvalue weighted by Gasteiger charge is -2.39. The summed E-state index contributed by atoms with van der Waals surface area (Å²) in [5.74, 6) is 2.75. The number of nitrogens with zero attached hydrogens (tertiary/aromatic N) is 8. The quantitative estimate of drug-likeness (QED) is 0.465. The lowest BCUT2D eigenvalue weighted by atomic mass is 9.89. The van der Waals surface area contributed by atoms with E-state index in [4.69, 9.17) is 9.47 Å². The van der Waals surface area contributed by atoms with Gasteiger partial charge in [-0.1, -0.05) is 13.8 Å². The van der Waals surface area contributed by atoms with Crippen LogP contribution >= 0.6 is 0 Å². The van der Waals surface area contributed by atoms with Gasteiger partial charge in [0, 0.05) is 51.1 Å². The molecule has 0 aromatic carbocycles. The Kier molecular flexibility index (Phi) is 11.0. The van der Waals surface area contributed by atoms with Gasteiger partial charge in [-0.15, -0.1) is 20.4 Å². The molecule has 0 radical (unpaired) electrons. The van der Waals surface area contributed by atoms with E-state index in [1.54, 1.807) is 12.7 Å². The molecule has 12 nitrogen and oxygen atoms in total. The molecule has 0 bridgehead atoms. The molecule has 2 aliphatic heterocycles. The molecule has 2 aromatic heterocycles. The normalized spacial score (nSPS) is 23.2. The van der Waals surface area contributed by atoms with Crippen molar-refractivity contribution >= 4 is 12.2 Å². The zero-order chi connectivity index (χ0) is 31.2. The molecular formula is C30H52N8O4. The zero-order valence-electron chi connectivity index (χ0n) is 27.3. The molecule has 2 fully saturated rings. The predicted molar refractivity (Wildman–Crippen MR) is 160 cm³/mol. The minimum Gasteiger partial charge on any atom is -0.444 e. The molecule has 4 rings (SSSR count). The van der Waals surface area contributed by atoms with Crippen molar-refractivity contribution in [3.63, 3.8) is 0 Å². The highest BCUT2D eigenvalue weighted by molar-refractivity contribution is 5.69. The maximum atomic E-state index is 12.3. The first kappa shape index (κ1) is 33.3. The summed E-state index contributed by atoms with van der Waals surface area (Å²) in [6, 6.07) is 0.408. The largest absolute Gasteiger partial charge is 0.444 e. The van der Waals surface area contributed by atoms with Crippen LogP contribution in [0.5, 0.6) is 0 Å². The lowest BCUT2D eigenvalue weighted by molar-refractivity contribution is 0.00618. The minimum atomic E-state index is -0.449. The van der Waals surface area contributed by atoms with Gasteiger partial charge in [0.15, 0.2) is 0 Å². The van der Waals surface area contributed by atoms with Crippen molar-refractivity contribution < 1.29 is 19.1 Å². The topological polar surface area (TPSA) is 121 Å². The molecule has 2 saturated heterocycles. The summed E-state index contributed by atoms with van der Waals surface area (Å²) < 4.78 is 15.0. The minimum absolute atomic E-state index is 0.203. The average molecular weight is 589 g/mol. The van der Waals surface area contributed by atoms with Crippen LogP contribution < -0.4 is 0 Å². The fourth-order valence-corrected chi connectivity index (χ4v) is 5.79. The second kappa shape index (κ2) is 13.9. The molecule has 2 aromatic rings. The Bertz CT molecular complexity index is 1070. The SMILES string of the molecule is CC[C@@H]1C[C@H](c2nncn2C)CCN1C(=O)OC(C)(C)C.CC[C@H]1C[C@@H](c2nncn2C)CCN1C(=O)OC(C)(C)C. The maximum absolute atomic E-state index is 12.3. The fraction of sp³-hybridized carbons (Fsp3) is 0.800. The first-order valence-corrected chi connectivity index (χ1v) is 15.3. The summed E-state index contributed by atoms with van der Waals surface area (Å²) in [4.78, 5) is 28.4. The van der Waals surface area contributed by atoms with Gasteiger partial charge in [-0.2, -0.15) is 0 Å². The highest BCUT2D eigenvalue weighted by Crippen LogP contribution is 2.33. The lowest BCUT2D eigenvalue weighted by Crippen LogP contribution is -2.47. The summed E-state index contributed by atoms with van der Waals surface area (Å²) in [6.07, 6.45) is 8.56. The Labute approximate surface area is 251 Å². The summed E-state index contributed by atoms with van der Waals surface area (Å²) >= 11 is 0. The Hall–Kier alpha value is -3.18. The van der Waals surface area contributed by atoms with Gasteiger partial charge in [-0.3, -0.25) is 0 Å². The second-order valence-corrected chi connectivity index (χ2v) is 13.5. The molecular weight excluding hydrogens is 536 g/mol. The number of ether oxygens (including phenoxy) is 2. The van der Waals surface area contributed by atoms with E-state index < -0.39 is 11.2 Å². The first-order valence-electron chi connectivity index (χ1n) is 15.3. The van der Waals surface area contributed by atoms with E-state index in [9.17, 15) is 9.59 Å². The van der Waals surface area contributed by atoms with Crippen molar-refractivity contribution in [3.8, 4) is 0 Å². The monoisotopic (exact) mass is 588 g/mol. The van der Waals surface area contributed by atoms with Crippen LogP contribution in [0.2, 0.25) is 0 Å². The summed E-state index contributed by atoms with van der Waals surface area (Å²) in [7, 11) is 3.94. The molecule has 0 N–H and O–H groups in total. The van der Waals surface area contributed by atoms with Crippen LogP contribution in [0.4, 0.5) is 9.59 Å². The van der Waals surface area contributed by atoms with Crippen LogP contribution in [-0.2, 0) is 23.6 Å². The first-order chi connectivity index (χ1) is 19.6. The average Bonchev–Trinajstić information content (AvgIpc) is 3.54. The van der Waals surface area contributed by atoms with Crippen LogP contribution in [-0.4, -0.2) is 87.9 Å². The van der Waals surface area contributed by atoms with Gasteiger partial charge in [0.2, 0.25) is 0 Å². The number of likely N-dealkylation sites (tertiary alicyclic amines) is 2. The number of aromatic nitrogens is 6. The molecule has 2 amide bonds. The fourth-order valence-electron chi connectivity index (χ4n) is 5.79. The standard InChI is InChI=1S/2C15H26N4O2/c2*1-6-12-9-11(13-17-16-10-18(13)5)7-8-19(12)14(20)21-15(2,3)4/h2*10-12H,6-9H2,1-5H3/t2*11-,12-/m10/s1. The maximum Gasteiger partial charge on any atom is 0.410 e. The summed E-state index contributed by atoms with van der Waals surface area (Å²) in [6.45, 7) is 17.1. The third kappa shape index (κ3) is 8.91. The van der Waals surface area contributed by atoms with Crippen molar-refractivity contribution in [3.05, 3.63) is 24.3 Å². The van der Waals surface area contributed by atoms with Crippen molar-refractivity contribution in [1.29, 1.82) is 0 Å². The van der Waals surface area contributed by atoms with Gasteiger partial charge in [-0.05, 0) is 80.1 Å². The van der Waals surface area contributed by atoms with Crippen molar-refractivity contribution in [2.75, 3.05) is 13.1 Å². The van der Waals surface area contributed by atoms with Crippen LogP contribution in [0.3, 0.4) is 0 Å². The number of carbonyl (C=O) groups excluding carboxylic acids is 2. The Morgan fingerprint density at radius 3 is 1.36 bits per heavy atom. The van der Waals surface area contributed by atoms with Gasteiger partial charge in [0.25, 0.3) is 0 Å². The van der Waals surface area contributed by atoms with Gasteiger partial charge >= 0.3 is 12.2 Å². The molecule has 12 heteroatoms. The van der Waals surface area contributed by atoms with Gasteiger partial charge < -0.3 is 28.4 Å². The van der Waals surface area contributed by atoms with Crippen molar-refractivity contribution in [2.24, 2.45) is 14.1 Å². The van der Waals surface area contributed by atoms with Gasteiger partial charge in [0.05, 0.1) is 0 Å². The van der Waals surface area contributed by atoms with Crippen molar-refractivity contribution in [1.82, 2.24) is 39.3 Å². The van der Waals surface area contributed by atoms with Crippen LogP contribution in [0.1, 0.15) is 117 Å². The Morgan fingerprint density at radius 1 is 0.738 bits per heavy atom. The van der Waals surface area contributed by atoms with Crippen LogP contribution in [0.15, 0.2) is 12.7 Å². The molecule has 2 aliphatic rings. The van der Waals surface area contributed by atoms with E-state index in [1.807, 2.05) is 74.6 Å². The molecule has 0 saturated carbocycles. The number of hydrogen-bond acceptors (Lipinski definition) is 8. The van der Waals surface area contributed by atoms with Crippen LogP contribution in [0.25, 0.3) is 0 Å². The third-order valence-corrected chi connectivity index (χ3v) is 7.85. The molecule has 0 spiro atoms. The third-order valence-electron chi connectivity index (χ3n) is 7.85. The number of hydrogen-bond donors (Lipinski definition) is 0.